The van der Waals surface area contributed by atoms with Crippen molar-refractivity contribution in [2.24, 2.45) is 5.10 Å². The van der Waals surface area contributed by atoms with Gasteiger partial charge in [0.05, 0.1) is 20.3 Å². The maximum absolute atomic E-state index is 5.92. The Balaban J connectivity index is 1.09. The third-order valence-electron chi connectivity index (χ3n) is 7.61. The van der Waals surface area contributed by atoms with Gasteiger partial charge in [0.1, 0.15) is 11.5 Å². The topological polar surface area (TPSA) is 62.0 Å². The lowest BCUT2D eigenvalue weighted by molar-refractivity contribution is 0.247. The van der Waals surface area contributed by atoms with E-state index in [0.29, 0.717) is 19.2 Å². The summed E-state index contributed by atoms with van der Waals surface area (Å²) in [7, 11) is -1.32. The van der Waals surface area contributed by atoms with E-state index in [9.17, 15) is 0 Å². The van der Waals surface area contributed by atoms with Crippen LogP contribution in [-0.2, 0) is 11.3 Å². The summed E-state index contributed by atoms with van der Waals surface area (Å²) in [5.41, 5.74) is 4.00. The number of piperazine rings is 1. The van der Waals surface area contributed by atoms with E-state index in [1.165, 1.54) is 18.0 Å². The molecule has 1 saturated carbocycles. The fourth-order valence-corrected chi connectivity index (χ4v) is 6.25. The number of hydrazone groups is 1. The molecule has 1 aliphatic carbocycles. The quantitative estimate of drug-likeness (QED) is 0.448. The van der Waals surface area contributed by atoms with Gasteiger partial charge in [-0.3, -0.25) is 9.58 Å². The van der Waals surface area contributed by atoms with Crippen LogP contribution in [0.3, 0.4) is 0 Å². The Kier molecular flexibility index (Phi) is 6.28. The molecule has 0 spiro atoms. The van der Waals surface area contributed by atoms with Crippen molar-refractivity contribution in [1.82, 2.24) is 19.7 Å². The third-order valence-corrected chi connectivity index (χ3v) is 9.68. The Hall–Kier alpha value is -3.17. The molecule has 1 aromatic carbocycles. The third kappa shape index (κ3) is 5.29. The van der Waals surface area contributed by atoms with Crippen LogP contribution < -0.4 is 15.1 Å². The van der Waals surface area contributed by atoms with Gasteiger partial charge in [-0.2, -0.15) is 5.10 Å². The molecule has 0 unspecified atom stereocenters. The van der Waals surface area contributed by atoms with Gasteiger partial charge in [0.15, 0.2) is 6.73 Å². The number of rotatable bonds is 7. The van der Waals surface area contributed by atoms with Gasteiger partial charge in [-0.15, -0.1) is 5.10 Å². The highest BCUT2D eigenvalue weighted by molar-refractivity contribution is 6.88. The van der Waals surface area contributed by atoms with Gasteiger partial charge < -0.3 is 9.64 Å². The molecule has 0 amide bonds. The first-order valence-corrected chi connectivity index (χ1v) is 16.9. The van der Waals surface area contributed by atoms with E-state index in [-0.39, 0.29) is 0 Å². The first-order valence-electron chi connectivity index (χ1n) is 13.4. The summed E-state index contributed by atoms with van der Waals surface area (Å²) in [6.45, 7) is 14.6. The minimum absolute atomic E-state index is 0.397. The number of aromatic nitrogens is 3. The van der Waals surface area contributed by atoms with Gasteiger partial charge in [-0.05, 0) is 49.6 Å². The predicted molar refractivity (Wildman–Crippen MR) is 152 cm³/mol. The Labute approximate surface area is 220 Å². The van der Waals surface area contributed by atoms with Crippen LogP contribution in [0.15, 0.2) is 53.8 Å². The maximum atomic E-state index is 5.92. The average molecular weight is 516 g/mol. The van der Waals surface area contributed by atoms with E-state index >= 15 is 0 Å². The molecule has 6 rings (SSSR count). The van der Waals surface area contributed by atoms with Crippen molar-refractivity contribution < 1.29 is 4.74 Å². The first kappa shape index (κ1) is 24.2. The first-order chi connectivity index (χ1) is 17.8. The molecule has 4 heterocycles. The number of benzene rings is 1. The van der Waals surface area contributed by atoms with Gasteiger partial charge in [-0.25, -0.2) is 9.99 Å². The monoisotopic (exact) mass is 515 g/mol. The van der Waals surface area contributed by atoms with Crippen molar-refractivity contribution in [2.75, 3.05) is 42.8 Å². The zero-order valence-electron chi connectivity index (χ0n) is 22.4. The summed E-state index contributed by atoms with van der Waals surface area (Å²) in [6, 6.07) is 15.9. The van der Waals surface area contributed by atoms with Gasteiger partial charge in [0, 0.05) is 44.1 Å². The number of hydrogen-bond acceptors (Lipinski definition) is 7. The lowest BCUT2D eigenvalue weighted by Crippen LogP contribution is -2.47. The predicted octanol–water partition coefficient (Wildman–Crippen LogP) is 3.62. The SMILES string of the molecule is Cc1cc(C2=NN(c3ccc([Si](C)(C)C)cc3)CO2)nn1Cc1ccc(N2CCN(C3CC3)CC2)nc1. The van der Waals surface area contributed by atoms with Crippen LogP contribution in [-0.4, -0.2) is 72.6 Å². The van der Waals surface area contributed by atoms with Crippen molar-refractivity contribution in [2.45, 2.75) is 52.0 Å². The van der Waals surface area contributed by atoms with Crippen molar-refractivity contribution >= 4 is 30.7 Å². The van der Waals surface area contributed by atoms with Gasteiger partial charge in [0.25, 0.3) is 5.90 Å². The number of anilines is 2. The molecule has 3 aliphatic rings. The molecule has 2 aliphatic heterocycles. The van der Waals surface area contributed by atoms with Gasteiger partial charge in [-0.1, -0.05) is 43.0 Å². The molecule has 1 saturated heterocycles. The van der Waals surface area contributed by atoms with E-state index in [1.54, 1.807) is 0 Å². The maximum Gasteiger partial charge on any atom is 0.261 e. The lowest BCUT2D eigenvalue weighted by atomic mass is 10.2. The van der Waals surface area contributed by atoms with Crippen LogP contribution in [0.4, 0.5) is 11.5 Å². The van der Waals surface area contributed by atoms with Crippen LogP contribution in [0, 0.1) is 6.92 Å². The van der Waals surface area contributed by atoms with E-state index in [1.807, 2.05) is 22.0 Å². The Morgan fingerprint density at radius 3 is 2.38 bits per heavy atom. The van der Waals surface area contributed by atoms with Crippen LogP contribution >= 0.6 is 0 Å². The summed E-state index contributed by atoms with van der Waals surface area (Å²) in [4.78, 5) is 9.81. The van der Waals surface area contributed by atoms with Crippen molar-refractivity contribution in [3.05, 3.63) is 65.6 Å². The van der Waals surface area contributed by atoms with Gasteiger partial charge in [0.2, 0.25) is 0 Å². The molecule has 194 valence electrons. The number of nitrogens with zero attached hydrogens (tertiary/aromatic N) is 7. The second kappa shape index (κ2) is 9.61. The number of pyridine rings is 1. The second-order valence-electron chi connectivity index (χ2n) is 11.5. The molecule has 9 heteroatoms. The van der Waals surface area contributed by atoms with E-state index in [2.05, 4.69) is 72.8 Å². The molecule has 37 heavy (non-hydrogen) atoms. The smallest absolute Gasteiger partial charge is 0.261 e. The summed E-state index contributed by atoms with van der Waals surface area (Å²) in [5.74, 6) is 1.64. The highest BCUT2D eigenvalue weighted by Crippen LogP contribution is 2.28. The standard InChI is InChI=1S/C28H37N7OSi/c1-21-17-26(28-31-35(20-36-28)24-8-10-25(11-9-24)37(2,3)4)30-34(21)19-22-5-12-27(29-18-22)33-15-13-32(14-16-33)23-6-7-23/h5,8-12,17-18,23H,6-7,13-16,19-20H2,1-4H3. The fraction of sp³-hybridized carbons (Fsp3) is 0.464. The van der Waals surface area contributed by atoms with E-state index in [4.69, 9.17) is 19.9 Å². The Morgan fingerprint density at radius 1 is 0.973 bits per heavy atom. The molecule has 0 atom stereocenters. The zero-order valence-corrected chi connectivity index (χ0v) is 23.4. The van der Waals surface area contributed by atoms with Crippen LogP contribution in [0.1, 0.15) is 29.8 Å². The molecule has 0 N–H and O–H groups in total. The molecular weight excluding hydrogens is 478 g/mol. The molecule has 0 bridgehead atoms. The molecular formula is C28H37N7OSi. The number of ether oxygens (including phenoxy) is 1. The molecule has 0 radical (unpaired) electrons. The minimum atomic E-state index is -1.32. The van der Waals surface area contributed by atoms with Crippen molar-refractivity contribution in [1.29, 1.82) is 0 Å². The van der Waals surface area contributed by atoms with Gasteiger partial charge >= 0.3 is 0 Å². The summed E-state index contributed by atoms with van der Waals surface area (Å²) < 4.78 is 7.92. The van der Waals surface area contributed by atoms with Crippen molar-refractivity contribution in [3.63, 3.8) is 0 Å². The van der Waals surface area contributed by atoms with Crippen LogP contribution in [0.2, 0.25) is 19.6 Å². The Morgan fingerprint density at radius 2 is 1.73 bits per heavy atom. The minimum Gasteiger partial charge on any atom is -0.452 e. The molecule has 2 fully saturated rings. The normalized spacial score (nSPS) is 18.8. The van der Waals surface area contributed by atoms with Crippen LogP contribution in [0.25, 0.3) is 0 Å². The summed E-state index contributed by atoms with van der Waals surface area (Å²) in [5, 5.41) is 12.8. The highest BCUT2D eigenvalue weighted by Gasteiger charge is 2.31. The molecule has 3 aromatic rings. The van der Waals surface area contributed by atoms with E-state index in [0.717, 1.165) is 60.7 Å². The Bertz CT molecular complexity index is 1270. The van der Waals surface area contributed by atoms with E-state index < -0.39 is 8.07 Å². The largest absolute Gasteiger partial charge is 0.452 e. The highest BCUT2D eigenvalue weighted by atomic mass is 28.3. The average Bonchev–Trinajstić information content (AvgIpc) is 3.52. The lowest BCUT2D eigenvalue weighted by Gasteiger charge is -2.35. The fourth-order valence-electron chi connectivity index (χ4n) is 5.08. The number of hydrogen-bond donors (Lipinski definition) is 0. The summed E-state index contributed by atoms with van der Waals surface area (Å²) in [6.07, 6.45) is 4.75. The molecule has 2 aromatic heterocycles. The molecule has 8 nitrogen and oxygen atoms in total. The van der Waals surface area contributed by atoms with Crippen molar-refractivity contribution in [3.8, 4) is 0 Å². The van der Waals surface area contributed by atoms with Crippen LogP contribution in [0.5, 0.6) is 0 Å². The number of aryl methyl sites for hydroxylation is 1. The zero-order chi connectivity index (χ0) is 25.6. The summed E-state index contributed by atoms with van der Waals surface area (Å²) >= 11 is 0. The second-order valence-corrected chi connectivity index (χ2v) is 16.6.